The summed E-state index contributed by atoms with van der Waals surface area (Å²) < 4.78 is 0. The van der Waals surface area contributed by atoms with Gasteiger partial charge >= 0.3 is 0 Å². The molecule has 2 aromatic carbocycles. The number of rotatable bonds is 20. The van der Waals surface area contributed by atoms with Crippen LogP contribution in [0.15, 0.2) is 59.6 Å². The highest BCUT2D eigenvalue weighted by Gasteiger charge is 2.42. The molecule has 0 bridgehead atoms. The van der Waals surface area contributed by atoms with Gasteiger partial charge in [0.15, 0.2) is 5.96 Å². The third-order valence-corrected chi connectivity index (χ3v) is 16.6. The van der Waals surface area contributed by atoms with Crippen LogP contribution in [-0.2, 0) is 65.6 Å². The summed E-state index contributed by atoms with van der Waals surface area (Å²) in [4.78, 5) is 157. The van der Waals surface area contributed by atoms with Crippen LogP contribution in [0, 0.1) is 5.92 Å². The van der Waals surface area contributed by atoms with Crippen molar-refractivity contribution in [1.29, 1.82) is 0 Å². The molecule has 3 aliphatic rings. The van der Waals surface area contributed by atoms with Gasteiger partial charge in [-0.2, -0.15) is 0 Å². The first-order valence-electron chi connectivity index (χ1n) is 26.1. The predicted octanol–water partition coefficient (Wildman–Crippen LogP) is -1.84. The van der Waals surface area contributed by atoms with Crippen LogP contribution >= 0.6 is 33.2 Å². The van der Waals surface area contributed by atoms with Gasteiger partial charge in [0.25, 0.3) is 0 Å². The molecule has 8 atom stereocenters. The lowest BCUT2D eigenvalue weighted by Gasteiger charge is -2.32. The Morgan fingerprint density at radius 1 is 0.684 bits per heavy atom. The Balaban J connectivity index is 1.55. The van der Waals surface area contributed by atoms with E-state index in [0.29, 0.717) is 35.4 Å². The molecule has 430 valence electrons. The second-order valence-corrected chi connectivity index (χ2v) is 22.6. The van der Waals surface area contributed by atoms with Gasteiger partial charge in [0.1, 0.15) is 42.3 Å². The Morgan fingerprint density at radius 3 is 1.90 bits per heavy atom. The summed E-state index contributed by atoms with van der Waals surface area (Å²) in [5.74, 6) is -9.90. The zero-order valence-electron chi connectivity index (χ0n) is 43.6. The van der Waals surface area contributed by atoms with Crippen LogP contribution in [0.25, 0.3) is 0 Å². The van der Waals surface area contributed by atoms with Gasteiger partial charge in [-0.05, 0) is 74.1 Å². The summed E-state index contributed by atoms with van der Waals surface area (Å²) in [7, 11) is 2.19. The minimum absolute atomic E-state index is 0.0108. The van der Waals surface area contributed by atoms with Gasteiger partial charge in [-0.15, -0.1) is 0 Å². The maximum absolute atomic E-state index is 14.9. The number of nitrogens with two attached hydrogens (primary N) is 5. The Morgan fingerprint density at radius 2 is 1.28 bits per heavy atom. The van der Waals surface area contributed by atoms with Crippen molar-refractivity contribution in [2.24, 2.45) is 39.6 Å². The van der Waals surface area contributed by atoms with Crippen LogP contribution in [-0.4, -0.2) is 149 Å². The van der Waals surface area contributed by atoms with Gasteiger partial charge in [-0.3, -0.25) is 57.7 Å². The summed E-state index contributed by atoms with van der Waals surface area (Å²) >= 11 is 6.22. The lowest BCUT2D eigenvalue weighted by molar-refractivity contribution is -0.142. The molecular weight excluding hydrogens is 1080 g/mol. The van der Waals surface area contributed by atoms with Crippen LogP contribution in [0.3, 0.4) is 0 Å². The number of benzene rings is 2. The monoisotopic (exact) mass is 1150 g/mol. The first kappa shape index (κ1) is 62.7. The fraction of sp³-hybridized carbons (Fsp3) is 0.529. The molecule has 3 fully saturated rings. The predicted molar refractivity (Wildman–Crippen MR) is 296 cm³/mol. The number of hydrogen-bond acceptors (Lipinski definition) is 14. The van der Waals surface area contributed by atoms with E-state index in [2.05, 4.69) is 42.2 Å². The molecule has 11 amide bonds. The smallest absolute Gasteiger partial charge is 0.246 e. The van der Waals surface area contributed by atoms with Crippen molar-refractivity contribution in [3.8, 4) is 0 Å². The average molecular weight is 1160 g/mol. The van der Waals surface area contributed by atoms with E-state index in [9.17, 15) is 52.7 Å². The molecule has 5 rings (SSSR count). The second-order valence-electron chi connectivity index (χ2n) is 19.6. The minimum atomic E-state index is -1.78. The summed E-state index contributed by atoms with van der Waals surface area (Å²) in [6.45, 7) is -0.412. The van der Waals surface area contributed by atoms with E-state index in [1.807, 2.05) is 0 Å². The maximum Gasteiger partial charge on any atom is 0.246 e. The number of nitrogens with one attached hydrogen (secondary N) is 7. The number of likely N-dealkylation sites (tertiary alicyclic amines) is 1. The SMILES string of the molecule is NC(=O)CC[C@@H]1NC(=O)[C@H](Cc2ccccc2)NC(=O)[C@H](Cc2ccc(Cl)cc2)NC(=O)C(C2CCCCC2)SSC[C@@H](C(=O)N2CCC[C@H]2C(=O)N[C@@H](CCCN=C(N)N)C(=O)NCC(N)=O)NC(=O)[C@H](CC(N)=O)NC1=O. The van der Waals surface area contributed by atoms with Gasteiger partial charge in [-0.25, -0.2) is 0 Å². The lowest BCUT2D eigenvalue weighted by atomic mass is 9.86. The van der Waals surface area contributed by atoms with Crippen molar-refractivity contribution in [1.82, 2.24) is 42.1 Å². The Hall–Kier alpha value is -7.13. The van der Waals surface area contributed by atoms with Crippen molar-refractivity contribution in [3.05, 3.63) is 70.7 Å². The van der Waals surface area contributed by atoms with E-state index in [4.69, 9.17) is 40.3 Å². The van der Waals surface area contributed by atoms with E-state index in [0.717, 1.165) is 40.9 Å². The van der Waals surface area contributed by atoms with E-state index in [1.54, 1.807) is 54.6 Å². The van der Waals surface area contributed by atoms with Crippen molar-refractivity contribution in [2.45, 2.75) is 137 Å². The van der Waals surface area contributed by atoms with E-state index < -0.39 is 138 Å². The number of guanidine groups is 1. The molecular formula is C51H71ClN14O11S2. The van der Waals surface area contributed by atoms with Crippen LogP contribution in [0.4, 0.5) is 0 Å². The number of amides is 11. The van der Waals surface area contributed by atoms with Crippen LogP contribution in [0.5, 0.6) is 0 Å². The molecule has 1 saturated carbocycles. The standard InChI is InChI=1S/C51H71ClN14O11S2/c52-31-17-15-29(16-18-31)24-35-46(73)62-34(23-28-9-3-1-4-10-28)45(72)60-33(19-20-39(53)67)44(71)63-36(25-40(54)68)47(74)65-37(27-78-79-42(49(76)64-35)30-11-5-2-6-12-30)50(77)66-22-8-14-38(66)48(75)61-32(13-7-21-58-51(56)57)43(70)59-26-41(55)69/h1,3-4,9-10,15-18,30,32-38,42H,2,5-8,11-14,19-27H2,(H2,53,67)(H2,54,68)(H2,55,69)(H,59,70)(H,60,72)(H,61,75)(H,62,73)(H,63,71)(H,64,76)(H,65,74)(H4,56,57,58)/t32-,33-,34-,35-,36-,37-,38-,42?/m0/s1. The third-order valence-electron chi connectivity index (χ3n) is 13.5. The van der Waals surface area contributed by atoms with Crippen molar-refractivity contribution in [3.63, 3.8) is 0 Å². The zero-order chi connectivity index (χ0) is 57.6. The van der Waals surface area contributed by atoms with Gasteiger partial charge in [-0.1, -0.05) is 94.9 Å². The number of aliphatic imine (C=N–C) groups is 1. The van der Waals surface area contributed by atoms with E-state index in [-0.39, 0.29) is 62.8 Å². The zero-order valence-corrected chi connectivity index (χ0v) is 46.0. The Bertz CT molecular complexity index is 2540. The summed E-state index contributed by atoms with van der Waals surface area (Å²) in [6.07, 6.45) is 2.76. The minimum Gasteiger partial charge on any atom is -0.370 e. The molecule has 17 N–H and O–H groups in total. The van der Waals surface area contributed by atoms with Crippen LogP contribution < -0.4 is 65.9 Å². The number of hydrogen-bond donors (Lipinski definition) is 12. The van der Waals surface area contributed by atoms with Crippen molar-refractivity contribution >= 4 is 104 Å². The molecule has 28 heteroatoms. The van der Waals surface area contributed by atoms with Crippen LogP contribution in [0.2, 0.25) is 5.02 Å². The van der Waals surface area contributed by atoms with Gasteiger partial charge in [0, 0.05) is 43.1 Å². The first-order chi connectivity index (χ1) is 37.7. The molecule has 0 aromatic heterocycles. The van der Waals surface area contributed by atoms with Gasteiger partial charge in [0.05, 0.1) is 18.2 Å². The number of nitrogens with zero attached hydrogens (tertiary/aromatic N) is 2. The molecule has 1 unspecified atom stereocenters. The maximum atomic E-state index is 14.9. The molecule has 2 aliphatic heterocycles. The quantitative estimate of drug-likeness (QED) is 0.0300. The number of carbonyl (C=O) groups excluding carboxylic acids is 11. The normalized spacial score (nSPS) is 23.3. The molecule has 0 spiro atoms. The topological polar surface area (TPSA) is 418 Å². The lowest BCUT2D eigenvalue weighted by Crippen LogP contribution is -2.61. The molecule has 2 saturated heterocycles. The van der Waals surface area contributed by atoms with Gasteiger partial charge < -0.3 is 70.8 Å². The van der Waals surface area contributed by atoms with Gasteiger partial charge in [0.2, 0.25) is 65.0 Å². The number of carbonyl (C=O) groups is 11. The fourth-order valence-electron chi connectivity index (χ4n) is 9.40. The first-order valence-corrected chi connectivity index (χ1v) is 28.8. The largest absolute Gasteiger partial charge is 0.370 e. The summed E-state index contributed by atoms with van der Waals surface area (Å²) in [5.41, 5.74) is 28.5. The fourth-order valence-corrected chi connectivity index (χ4v) is 12.5. The van der Waals surface area contributed by atoms with E-state index >= 15 is 0 Å². The second kappa shape index (κ2) is 31.5. The molecule has 1 aliphatic carbocycles. The summed E-state index contributed by atoms with van der Waals surface area (Å²) in [6, 6.07) is 5.32. The highest BCUT2D eigenvalue weighted by Crippen LogP contribution is 2.39. The average Bonchev–Trinajstić information content (AvgIpc) is 3.93. The number of halogens is 1. The highest BCUT2D eigenvalue weighted by atomic mass is 35.5. The van der Waals surface area contributed by atoms with Crippen molar-refractivity contribution < 1.29 is 52.7 Å². The molecule has 2 aromatic rings. The Labute approximate surface area is 470 Å². The molecule has 25 nitrogen and oxygen atoms in total. The Kier molecular flexibility index (Phi) is 25.0. The number of primary amides is 3. The summed E-state index contributed by atoms with van der Waals surface area (Å²) in [5, 5.41) is 18.1. The highest BCUT2D eigenvalue weighted by molar-refractivity contribution is 8.77. The van der Waals surface area contributed by atoms with Crippen molar-refractivity contribution in [2.75, 3.05) is 25.4 Å². The van der Waals surface area contributed by atoms with E-state index in [1.165, 1.54) is 4.90 Å². The molecule has 2 heterocycles. The molecule has 0 radical (unpaired) electrons. The third kappa shape index (κ3) is 20.6. The molecule has 79 heavy (non-hydrogen) atoms. The van der Waals surface area contributed by atoms with Crippen LogP contribution in [0.1, 0.15) is 88.2 Å².